The number of ether oxygens (including phenoxy) is 1. The van der Waals surface area contributed by atoms with Gasteiger partial charge >= 0.3 is 0 Å². The summed E-state index contributed by atoms with van der Waals surface area (Å²) in [6.45, 7) is 0. The summed E-state index contributed by atoms with van der Waals surface area (Å²) in [4.78, 5) is 20.5. The van der Waals surface area contributed by atoms with Crippen molar-refractivity contribution in [3.8, 4) is 5.75 Å². The molecule has 0 aliphatic heterocycles. The van der Waals surface area contributed by atoms with Crippen LogP contribution in [0.25, 0.3) is 0 Å². The van der Waals surface area contributed by atoms with E-state index in [9.17, 15) is 4.79 Å². The number of nitrogens with one attached hydrogen (secondary N) is 2. The van der Waals surface area contributed by atoms with Crippen molar-refractivity contribution in [3.63, 3.8) is 0 Å². The smallest absolute Gasteiger partial charge is 0.258 e. The Bertz CT molecular complexity index is 884. The highest BCUT2D eigenvalue weighted by atomic mass is 35.5. The zero-order chi connectivity index (χ0) is 17.6. The molecule has 0 aliphatic rings. The number of methoxy groups -OCH3 is 1. The van der Waals surface area contributed by atoms with Gasteiger partial charge in [-0.1, -0.05) is 23.7 Å². The topological polar surface area (TPSA) is 76.1 Å². The Morgan fingerprint density at radius 2 is 1.76 bits per heavy atom. The molecule has 0 unspecified atom stereocenters. The van der Waals surface area contributed by atoms with E-state index >= 15 is 0 Å². The lowest BCUT2D eigenvalue weighted by Crippen LogP contribution is -2.13. The maximum Gasteiger partial charge on any atom is 0.258 e. The normalized spacial score (nSPS) is 10.2. The van der Waals surface area contributed by atoms with Crippen molar-refractivity contribution < 1.29 is 9.53 Å². The molecular formula is C18H15ClN4O2. The number of halogens is 1. The molecule has 3 rings (SSSR count). The molecule has 3 aromatic rings. The molecule has 0 aliphatic carbocycles. The molecule has 6 nitrogen and oxygen atoms in total. The number of rotatable bonds is 5. The summed E-state index contributed by atoms with van der Waals surface area (Å²) >= 11 is 5.90. The monoisotopic (exact) mass is 354 g/mol. The van der Waals surface area contributed by atoms with E-state index in [4.69, 9.17) is 16.3 Å². The lowest BCUT2D eigenvalue weighted by molar-refractivity contribution is 0.102. The fourth-order valence-electron chi connectivity index (χ4n) is 2.11. The van der Waals surface area contributed by atoms with E-state index in [0.717, 1.165) is 11.4 Å². The standard InChI is InChI=1S/C18H15ClN4O2/c1-25-16-7-3-6-15(9-16)23-18-20-10-12(11-21-18)17(24)22-14-5-2-4-13(19)8-14/h2-11H,1H3,(H,22,24)(H,20,21,23). The number of aromatic nitrogens is 2. The molecule has 0 spiro atoms. The van der Waals surface area contributed by atoms with Gasteiger partial charge < -0.3 is 15.4 Å². The number of amides is 1. The van der Waals surface area contributed by atoms with Crippen molar-refractivity contribution in [2.24, 2.45) is 0 Å². The fourth-order valence-corrected chi connectivity index (χ4v) is 2.30. The molecule has 0 radical (unpaired) electrons. The Labute approximate surface area is 149 Å². The summed E-state index contributed by atoms with van der Waals surface area (Å²) < 4.78 is 5.16. The second kappa shape index (κ2) is 7.63. The number of carbonyl (C=O) groups excluding carboxylic acids is 1. The first kappa shape index (κ1) is 16.7. The Kier molecular flexibility index (Phi) is 5.11. The van der Waals surface area contributed by atoms with E-state index in [1.165, 1.54) is 12.4 Å². The van der Waals surface area contributed by atoms with Crippen LogP contribution in [0.3, 0.4) is 0 Å². The molecule has 0 saturated heterocycles. The largest absolute Gasteiger partial charge is 0.497 e. The molecule has 0 atom stereocenters. The molecule has 0 fully saturated rings. The second-order valence-electron chi connectivity index (χ2n) is 5.12. The SMILES string of the molecule is COc1cccc(Nc2ncc(C(=O)Nc3cccc(Cl)c3)cn2)c1. The third-order valence-corrected chi connectivity index (χ3v) is 3.56. The van der Waals surface area contributed by atoms with Gasteiger partial charge in [-0.2, -0.15) is 0 Å². The van der Waals surface area contributed by atoms with E-state index in [-0.39, 0.29) is 5.91 Å². The lowest BCUT2D eigenvalue weighted by atomic mass is 10.3. The third kappa shape index (κ3) is 4.45. The van der Waals surface area contributed by atoms with Gasteiger partial charge in [-0.15, -0.1) is 0 Å². The Morgan fingerprint density at radius 1 is 1.04 bits per heavy atom. The van der Waals surface area contributed by atoms with E-state index in [1.807, 2.05) is 24.3 Å². The molecule has 7 heteroatoms. The Balaban J connectivity index is 1.68. The first-order valence-electron chi connectivity index (χ1n) is 7.44. The van der Waals surface area contributed by atoms with Gasteiger partial charge in [0, 0.05) is 34.9 Å². The van der Waals surface area contributed by atoms with Crippen molar-refractivity contribution in [2.45, 2.75) is 0 Å². The predicted molar refractivity (Wildman–Crippen MR) is 97.7 cm³/mol. The van der Waals surface area contributed by atoms with Gasteiger partial charge in [0.1, 0.15) is 5.75 Å². The summed E-state index contributed by atoms with van der Waals surface area (Å²) in [5.41, 5.74) is 1.74. The molecule has 0 saturated carbocycles. The minimum atomic E-state index is -0.310. The van der Waals surface area contributed by atoms with Crippen LogP contribution < -0.4 is 15.4 Å². The molecular weight excluding hydrogens is 340 g/mol. The maximum atomic E-state index is 12.2. The zero-order valence-corrected chi connectivity index (χ0v) is 14.1. The van der Waals surface area contributed by atoms with Crippen molar-refractivity contribution in [3.05, 3.63) is 71.5 Å². The van der Waals surface area contributed by atoms with Crippen LogP contribution >= 0.6 is 11.6 Å². The molecule has 0 bridgehead atoms. The number of benzene rings is 2. The third-order valence-electron chi connectivity index (χ3n) is 3.32. The Hall–Kier alpha value is -3.12. The van der Waals surface area contributed by atoms with Gasteiger partial charge in [-0.3, -0.25) is 4.79 Å². The van der Waals surface area contributed by atoms with Gasteiger partial charge in [0.25, 0.3) is 5.91 Å². The van der Waals surface area contributed by atoms with Crippen LogP contribution in [0.1, 0.15) is 10.4 Å². The summed E-state index contributed by atoms with van der Waals surface area (Å²) in [5.74, 6) is 0.797. The number of carbonyl (C=O) groups is 1. The fraction of sp³-hybridized carbons (Fsp3) is 0.0556. The molecule has 25 heavy (non-hydrogen) atoms. The van der Waals surface area contributed by atoms with Gasteiger partial charge in [0.15, 0.2) is 0 Å². The van der Waals surface area contributed by atoms with E-state index in [0.29, 0.717) is 22.2 Å². The first-order chi connectivity index (χ1) is 12.1. The zero-order valence-electron chi connectivity index (χ0n) is 13.4. The summed E-state index contributed by atoms with van der Waals surface area (Å²) in [6, 6.07) is 14.3. The quantitative estimate of drug-likeness (QED) is 0.720. The van der Waals surface area contributed by atoms with Crippen molar-refractivity contribution in [1.82, 2.24) is 9.97 Å². The molecule has 1 amide bonds. The Morgan fingerprint density at radius 3 is 2.48 bits per heavy atom. The summed E-state index contributed by atoms with van der Waals surface area (Å²) in [6.07, 6.45) is 2.91. The number of hydrogen-bond donors (Lipinski definition) is 2. The minimum absolute atomic E-state index is 0.310. The average Bonchev–Trinajstić information content (AvgIpc) is 2.62. The maximum absolute atomic E-state index is 12.2. The number of anilines is 3. The first-order valence-corrected chi connectivity index (χ1v) is 7.82. The van der Waals surface area contributed by atoms with Crippen LogP contribution in [-0.4, -0.2) is 23.0 Å². The van der Waals surface area contributed by atoms with Crippen LogP contribution in [0.4, 0.5) is 17.3 Å². The van der Waals surface area contributed by atoms with Crippen molar-refractivity contribution in [1.29, 1.82) is 0 Å². The average molecular weight is 355 g/mol. The molecule has 2 aromatic carbocycles. The molecule has 126 valence electrons. The van der Waals surface area contributed by atoms with Crippen LogP contribution in [0, 0.1) is 0 Å². The van der Waals surface area contributed by atoms with Crippen LogP contribution in [0.5, 0.6) is 5.75 Å². The van der Waals surface area contributed by atoms with Crippen LogP contribution in [0.2, 0.25) is 5.02 Å². The summed E-state index contributed by atoms with van der Waals surface area (Å²) in [7, 11) is 1.60. The highest BCUT2D eigenvalue weighted by molar-refractivity contribution is 6.30. The van der Waals surface area contributed by atoms with Gasteiger partial charge in [-0.05, 0) is 30.3 Å². The molecule has 2 N–H and O–H groups in total. The van der Waals surface area contributed by atoms with Crippen molar-refractivity contribution in [2.75, 3.05) is 17.7 Å². The van der Waals surface area contributed by atoms with E-state index in [1.54, 1.807) is 31.4 Å². The van der Waals surface area contributed by atoms with Gasteiger partial charge in [0.05, 0.1) is 12.7 Å². The highest BCUT2D eigenvalue weighted by Crippen LogP contribution is 2.19. The highest BCUT2D eigenvalue weighted by Gasteiger charge is 2.08. The number of nitrogens with zero attached hydrogens (tertiary/aromatic N) is 2. The minimum Gasteiger partial charge on any atom is -0.497 e. The van der Waals surface area contributed by atoms with Crippen molar-refractivity contribution >= 4 is 34.8 Å². The molecule has 1 aromatic heterocycles. The van der Waals surface area contributed by atoms with Gasteiger partial charge in [0.2, 0.25) is 5.95 Å². The van der Waals surface area contributed by atoms with Crippen LogP contribution in [0.15, 0.2) is 60.9 Å². The number of hydrogen-bond acceptors (Lipinski definition) is 5. The summed E-state index contributed by atoms with van der Waals surface area (Å²) in [5, 5.41) is 6.34. The lowest BCUT2D eigenvalue weighted by Gasteiger charge is -2.08. The van der Waals surface area contributed by atoms with Gasteiger partial charge in [-0.25, -0.2) is 9.97 Å². The molecule has 1 heterocycles. The van der Waals surface area contributed by atoms with E-state index < -0.39 is 0 Å². The predicted octanol–water partition coefficient (Wildman–Crippen LogP) is 4.13. The van der Waals surface area contributed by atoms with E-state index in [2.05, 4.69) is 20.6 Å². The second-order valence-corrected chi connectivity index (χ2v) is 5.55. The van der Waals surface area contributed by atoms with Crippen LogP contribution in [-0.2, 0) is 0 Å².